The van der Waals surface area contributed by atoms with E-state index in [1.165, 1.54) is 0 Å². The molecule has 138 valence electrons. The van der Waals surface area contributed by atoms with Gasteiger partial charge in [-0.15, -0.1) is 10.2 Å². The van der Waals surface area contributed by atoms with Crippen LogP contribution in [0.25, 0.3) is 0 Å². The van der Waals surface area contributed by atoms with Crippen LogP contribution in [0.2, 0.25) is 5.02 Å². The maximum absolute atomic E-state index is 12.2. The second-order valence-corrected chi connectivity index (χ2v) is 7.26. The number of H-pyrrole nitrogens is 1. The molecule has 0 bridgehead atoms. The summed E-state index contributed by atoms with van der Waals surface area (Å²) in [5.41, 5.74) is 2.65. The van der Waals surface area contributed by atoms with Crippen LogP contribution < -0.4 is 10.9 Å². The average molecular weight is 401 g/mol. The first-order chi connectivity index (χ1) is 13.0. The zero-order valence-corrected chi connectivity index (χ0v) is 16.1. The molecule has 0 saturated heterocycles. The van der Waals surface area contributed by atoms with Gasteiger partial charge in [0, 0.05) is 17.1 Å². The van der Waals surface area contributed by atoms with Gasteiger partial charge in [0.05, 0.1) is 5.75 Å². The van der Waals surface area contributed by atoms with Crippen LogP contribution in [-0.4, -0.2) is 26.8 Å². The summed E-state index contributed by atoms with van der Waals surface area (Å²) >= 11 is 6.98. The first-order valence-corrected chi connectivity index (χ1v) is 9.56. The Balaban J connectivity index is 1.59. The summed E-state index contributed by atoms with van der Waals surface area (Å²) in [6.07, 6.45) is 0.359. The van der Waals surface area contributed by atoms with E-state index in [2.05, 4.69) is 20.5 Å². The molecule has 1 aromatic heterocycles. The number of nitrogens with one attached hydrogen (secondary N) is 2. The number of halogens is 1. The molecule has 2 N–H and O–H groups in total. The van der Waals surface area contributed by atoms with E-state index in [9.17, 15) is 9.59 Å². The molecule has 3 aromatic rings. The lowest BCUT2D eigenvalue weighted by Crippen LogP contribution is -2.19. The number of rotatable bonds is 6. The number of carbonyl (C=O) groups is 1. The van der Waals surface area contributed by atoms with Crippen molar-refractivity contribution in [3.05, 3.63) is 80.7 Å². The van der Waals surface area contributed by atoms with Gasteiger partial charge < -0.3 is 5.32 Å². The lowest BCUT2D eigenvalue weighted by molar-refractivity contribution is -0.113. The maximum atomic E-state index is 12.2. The number of hydrogen-bond donors (Lipinski definition) is 2. The van der Waals surface area contributed by atoms with Gasteiger partial charge in [-0.3, -0.25) is 14.6 Å². The highest BCUT2D eigenvalue weighted by Crippen LogP contribution is 2.16. The predicted octanol–water partition coefficient (Wildman–Crippen LogP) is 3.45. The Labute approximate surface area is 165 Å². The summed E-state index contributed by atoms with van der Waals surface area (Å²) < 4.78 is 0. The zero-order chi connectivity index (χ0) is 19.2. The van der Waals surface area contributed by atoms with Gasteiger partial charge in [-0.05, 0) is 36.2 Å². The largest absolute Gasteiger partial charge is 0.325 e. The van der Waals surface area contributed by atoms with E-state index in [0.717, 1.165) is 28.6 Å². The van der Waals surface area contributed by atoms with Crippen molar-refractivity contribution in [3.8, 4) is 0 Å². The number of benzene rings is 2. The average Bonchev–Trinajstić information content (AvgIpc) is 2.66. The SMILES string of the molecule is Cc1ccccc1NC(=O)CSc1nnc(Cc2ccc(Cl)cc2)c(=O)[nH]1. The third kappa shape index (κ3) is 5.42. The van der Waals surface area contributed by atoms with E-state index >= 15 is 0 Å². The minimum Gasteiger partial charge on any atom is -0.325 e. The van der Waals surface area contributed by atoms with Gasteiger partial charge in [0.15, 0.2) is 5.16 Å². The highest BCUT2D eigenvalue weighted by atomic mass is 35.5. The fourth-order valence-corrected chi connectivity index (χ4v) is 3.08. The molecule has 0 atom stereocenters. The molecule has 0 saturated carbocycles. The van der Waals surface area contributed by atoms with Gasteiger partial charge in [0.1, 0.15) is 5.69 Å². The number of aromatic amines is 1. The predicted molar refractivity (Wildman–Crippen MR) is 107 cm³/mol. The van der Waals surface area contributed by atoms with Crippen LogP contribution in [0.4, 0.5) is 5.69 Å². The van der Waals surface area contributed by atoms with Crippen LogP contribution >= 0.6 is 23.4 Å². The fourth-order valence-electron chi connectivity index (χ4n) is 2.35. The minimum atomic E-state index is -0.318. The molecule has 0 unspecified atom stereocenters. The van der Waals surface area contributed by atoms with E-state index < -0.39 is 0 Å². The van der Waals surface area contributed by atoms with Gasteiger partial charge in [-0.25, -0.2) is 0 Å². The monoisotopic (exact) mass is 400 g/mol. The quantitative estimate of drug-likeness (QED) is 0.619. The van der Waals surface area contributed by atoms with Crippen LogP contribution in [0.1, 0.15) is 16.8 Å². The molecule has 6 nitrogen and oxygen atoms in total. The van der Waals surface area contributed by atoms with Gasteiger partial charge >= 0.3 is 0 Å². The second kappa shape index (κ2) is 8.83. The lowest BCUT2D eigenvalue weighted by atomic mass is 10.1. The third-order valence-electron chi connectivity index (χ3n) is 3.79. The molecule has 8 heteroatoms. The number of nitrogens with zero attached hydrogens (tertiary/aromatic N) is 2. The molecule has 0 aliphatic carbocycles. The molecule has 1 amide bonds. The van der Waals surface area contributed by atoms with E-state index in [0.29, 0.717) is 22.3 Å². The molecular weight excluding hydrogens is 384 g/mol. The molecule has 0 aliphatic rings. The molecule has 2 aromatic carbocycles. The maximum Gasteiger partial charge on any atom is 0.273 e. The lowest BCUT2D eigenvalue weighted by Gasteiger charge is -2.07. The number of aryl methyl sites for hydroxylation is 1. The summed E-state index contributed by atoms with van der Waals surface area (Å²) in [5.74, 6) is -0.0580. The van der Waals surface area contributed by atoms with Gasteiger partial charge in [0.2, 0.25) is 5.91 Å². The van der Waals surface area contributed by atoms with Gasteiger partial charge in [0.25, 0.3) is 5.56 Å². The minimum absolute atomic E-state index is 0.121. The highest BCUT2D eigenvalue weighted by Gasteiger charge is 2.10. The van der Waals surface area contributed by atoms with Crippen molar-refractivity contribution in [2.75, 3.05) is 11.1 Å². The van der Waals surface area contributed by atoms with E-state index in [1.54, 1.807) is 12.1 Å². The molecule has 27 heavy (non-hydrogen) atoms. The second-order valence-electron chi connectivity index (χ2n) is 5.86. The first-order valence-electron chi connectivity index (χ1n) is 8.20. The Morgan fingerprint density at radius 1 is 1.15 bits per heavy atom. The Morgan fingerprint density at radius 3 is 2.59 bits per heavy atom. The standard InChI is InChI=1S/C19H17ClN4O2S/c1-12-4-2-3-5-15(12)21-17(25)11-27-19-22-18(26)16(23-24-19)10-13-6-8-14(20)9-7-13/h2-9H,10-11H2,1H3,(H,21,25)(H,22,24,26). The summed E-state index contributed by atoms with van der Waals surface area (Å²) in [5, 5.41) is 11.8. The molecule has 0 aliphatic heterocycles. The van der Waals surface area contributed by atoms with Crippen molar-refractivity contribution >= 4 is 35.0 Å². The Bertz CT molecular complexity index is 1010. The molecular formula is C19H17ClN4O2S. The summed E-state index contributed by atoms with van der Waals surface area (Å²) in [6.45, 7) is 1.92. The zero-order valence-electron chi connectivity index (χ0n) is 14.5. The number of anilines is 1. The van der Waals surface area contributed by atoms with Crippen molar-refractivity contribution < 1.29 is 4.79 Å². The van der Waals surface area contributed by atoms with E-state index in [-0.39, 0.29) is 17.2 Å². The van der Waals surface area contributed by atoms with Crippen molar-refractivity contribution in [2.45, 2.75) is 18.5 Å². The number of hydrogen-bond acceptors (Lipinski definition) is 5. The van der Waals surface area contributed by atoms with Crippen molar-refractivity contribution in [1.29, 1.82) is 0 Å². The normalized spacial score (nSPS) is 10.6. The number of aromatic nitrogens is 3. The summed E-state index contributed by atoms with van der Waals surface area (Å²) in [7, 11) is 0. The Morgan fingerprint density at radius 2 is 1.89 bits per heavy atom. The molecule has 3 rings (SSSR count). The molecule has 0 fully saturated rings. The van der Waals surface area contributed by atoms with Crippen LogP contribution in [-0.2, 0) is 11.2 Å². The summed E-state index contributed by atoms with van der Waals surface area (Å²) in [4.78, 5) is 26.9. The van der Waals surface area contributed by atoms with Crippen molar-refractivity contribution in [2.24, 2.45) is 0 Å². The highest BCUT2D eigenvalue weighted by molar-refractivity contribution is 7.99. The smallest absolute Gasteiger partial charge is 0.273 e. The van der Waals surface area contributed by atoms with Crippen LogP contribution in [0.3, 0.4) is 0 Å². The number of thioether (sulfide) groups is 1. The Hall–Kier alpha value is -2.64. The molecule has 0 radical (unpaired) electrons. The van der Waals surface area contributed by atoms with Gasteiger partial charge in [-0.1, -0.05) is 53.7 Å². The number of para-hydroxylation sites is 1. The van der Waals surface area contributed by atoms with Crippen LogP contribution in [0.15, 0.2) is 58.5 Å². The molecule has 0 spiro atoms. The van der Waals surface area contributed by atoms with Crippen molar-refractivity contribution in [1.82, 2.24) is 15.2 Å². The number of carbonyl (C=O) groups excluding carboxylic acids is 1. The fraction of sp³-hybridized carbons (Fsp3) is 0.158. The first kappa shape index (κ1) is 19.1. The van der Waals surface area contributed by atoms with Crippen LogP contribution in [0, 0.1) is 6.92 Å². The third-order valence-corrected chi connectivity index (χ3v) is 4.90. The molecule has 1 heterocycles. The van der Waals surface area contributed by atoms with E-state index in [4.69, 9.17) is 11.6 Å². The summed E-state index contributed by atoms with van der Waals surface area (Å²) in [6, 6.07) is 14.7. The topological polar surface area (TPSA) is 87.7 Å². The van der Waals surface area contributed by atoms with Crippen molar-refractivity contribution in [3.63, 3.8) is 0 Å². The van der Waals surface area contributed by atoms with Gasteiger partial charge in [-0.2, -0.15) is 0 Å². The van der Waals surface area contributed by atoms with E-state index in [1.807, 2.05) is 43.3 Å². The number of amides is 1. The Kier molecular flexibility index (Phi) is 6.26. The van der Waals surface area contributed by atoms with Crippen LogP contribution in [0.5, 0.6) is 0 Å².